The van der Waals surface area contributed by atoms with Crippen molar-refractivity contribution in [1.82, 2.24) is 20.0 Å². The first-order valence-electron chi connectivity index (χ1n) is 11.8. The van der Waals surface area contributed by atoms with E-state index in [1.54, 1.807) is 0 Å². The Hall–Kier alpha value is -1.50. The Kier molecular flexibility index (Phi) is 6.23. The van der Waals surface area contributed by atoms with Crippen LogP contribution in [0.2, 0.25) is 0 Å². The lowest BCUT2D eigenvalue weighted by Gasteiger charge is -2.52. The lowest BCUT2D eigenvalue weighted by atomic mass is 9.64. The SMILES string of the molecule is CCNC(=O)N1CCCC1C1CCN(C2CC3(CCN(C(=O)OCC)C3)C2)CC1. The zero-order valence-corrected chi connectivity index (χ0v) is 18.2. The molecule has 0 radical (unpaired) electrons. The van der Waals surface area contributed by atoms with Crippen LogP contribution in [0.3, 0.4) is 0 Å². The minimum Gasteiger partial charge on any atom is -0.450 e. The van der Waals surface area contributed by atoms with Crippen molar-refractivity contribution in [2.75, 3.05) is 45.9 Å². The van der Waals surface area contributed by atoms with Gasteiger partial charge in [-0.25, -0.2) is 9.59 Å². The number of ether oxygens (including phenoxy) is 1. The van der Waals surface area contributed by atoms with E-state index in [0.717, 1.165) is 52.0 Å². The molecule has 164 valence electrons. The fourth-order valence-corrected chi connectivity index (χ4v) is 6.29. The summed E-state index contributed by atoms with van der Waals surface area (Å²) in [4.78, 5) is 31.0. The number of urea groups is 1. The molecule has 1 spiro atoms. The van der Waals surface area contributed by atoms with E-state index in [1.807, 2.05) is 18.7 Å². The molecule has 3 saturated heterocycles. The first-order valence-corrected chi connectivity index (χ1v) is 11.8. The van der Waals surface area contributed by atoms with Crippen LogP contribution in [0.5, 0.6) is 0 Å². The first-order chi connectivity index (χ1) is 14.0. The number of nitrogens with one attached hydrogen (secondary N) is 1. The van der Waals surface area contributed by atoms with Gasteiger partial charge in [-0.2, -0.15) is 0 Å². The fraction of sp³-hybridized carbons (Fsp3) is 0.909. The molecule has 1 N–H and O–H groups in total. The molecule has 0 bridgehead atoms. The van der Waals surface area contributed by atoms with Crippen molar-refractivity contribution in [1.29, 1.82) is 0 Å². The molecule has 1 atom stereocenters. The van der Waals surface area contributed by atoms with Crippen molar-refractivity contribution < 1.29 is 14.3 Å². The van der Waals surface area contributed by atoms with Gasteiger partial charge in [0.2, 0.25) is 0 Å². The molecule has 1 unspecified atom stereocenters. The number of likely N-dealkylation sites (tertiary alicyclic amines) is 3. The number of carbonyl (C=O) groups is 2. The van der Waals surface area contributed by atoms with Gasteiger partial charge < -0.3 is 24.8 Å². The van der Waals surface area contributed by atoms with Crippen LogP contribution in [0.25, 0.3) is 0 Å². The molecule has 0 aromatic carbocycles. The maximum absolute atomic E-state index is 12.4. The van der Waals surface area contributed by atoms with E-state index in [9.17, 15) is 9.59 Å². The van der Waals surface area contributed by atoms with E-state index in [4.69, 9.17) is 4.74 Å². The Morgan fingerprint density at radius 3 is 2.52 bits per heavy atom. The summed E-state index contributed by atoms with van der Waals surface area (Å²) in [5, 5.41) is 2.99. The number of piperidine rings is 1. The number of rotatable bonds is 4. The van der Waals surface area contributed by atoms with E-state index >= 15 is 0 Å². The Morgan fingerprint density at radius 1 is 1.07 bits per heavy atom. The lowest BCUT2D eigenvalue weighted by Crippen LogP contribution is -2.55. The molecule has 3 heterocycles. The average molecular weight is 407 g/mol. The third kappa shape index (κ3) is 4.21. The maximum Gasteiger partial charge on any atom is 0.409 e. The summed E-state index contributed by atoms with van der Waals surface area (Å²) in [7, 11) is 0. The number of carbonyl (C=O) groups excluding carboxylic acids is 2. The second kappa shape index (κ2) is 8.70. The Balaban J connectivity index is 1.22. The van der Waals surface area contributed by atoms with Crippen LogP contribution in [0, 0.1) is 11.3 Å². The number of hydrogen-bond donors (Lipinski definition) is 1. The largest absolute Gasteiger partial charge is 0.450 e. The topological polar surface area (TPSA) is 65.1 Å². The molecule has 0 aromatic heterocycles. The second-order valence-electron chi connectivity index (χ2n) is 9.54. The van der Waals surface area contributed by atoms with Gasteiger partial charge in [-0.05, 0) is 83.2 Å². The molecule has 29 heavy (non-hydrogen) atoms. The van der Waals surface area contributed by atoms with Gasteiger partial charge in [0.15, 0.2) is 0 Å². The highest BCUT2D eigenvalue weighted by Gasteiger charge is 2.51. The molecule has 0 aromatic rings. The maximum atomic E-state index is 12.4. The van der Waals surface area contributed by atoms with Crippen LogP contribution in [0.15, 0.2) is 0 Å². The van der Waals surface area contributed by atoms with Crippen molar-refractivity contribution in [3.63, 3.8) is 0 Å². The molecule has 1 aliphatic carbocycles. The minimum absolute atomic E-state index is 0.130. The van der Waals surface area contributed by atoms with Crippen molar-refractivity contribution in [2.45, 2.75) is 70.9 Å². The normalized spacial score (nSPS) is 33.2. The Labute approximate surface area is 175 Å². The summed E-state index contributed by atoms with van der Waals surface area (Å²) in [6, 6.07) is 1.25. The summed E-state index contributed by atoms with van der Waals surface area (Å²) < 4.78 is 5.18. The molecular weight excluding hydrogens is 368 g/mol. The summed E-state index contributed by atoms with van der Waals surface area (Å²) in [5.41, 5.74) is 0.342. The fourth-order valence-electron chi connectivity index (χ4n) is 6.29. The van der Waals surface area contributed by atoms with Gasteiger partial charge in [0.05, 0.1) is 6.61 Å². The van der Waals surface area contributed by atoms with Gasteiger partial charge in [-0.3, -0.25) is 0 Å². The standard InChI is InChI=1S/C22H38N4O3/c1-3-23-20(27)26-10-5-6-19(26)17-7-11-24(12-8-17)18-14-22(15-18)9-13-25(16-22)21(28)29-4-2/h17-19H,3-16H2,1-2H3,(H,23,27). The van der Waals surface area contributed by atoms with E-state index in [2.05, 4.69) is 15.1 Å². The van der Waals surface area contributed by atoms with Crippen molar-refractivity contribution in [2.24, 2.45) is 11.3 Å². The molecule has 7 heteroatoms. The van der Waals surface area contributed by atoms with Crippen LogP contribution in [0.4, 0.5) is 9.59 Å². The first kappa shape index (κ1) is 20.8. The van der Waals surface area contributed by atoms with Gasteiger partial charge in [0, 0.05) is 38.3 Å². The van der Waals surface area contributed by atoms with Crippen LogP contribution >= 0.6 is 0 Å². The van der Waals surface area contributed by atoms with Crippen LogP contribution in [-0.2, 0) is 4.74 Å². The minimum atomic E-state index is -0.137. The summed E-state index contributed by atoms with van der Waals surface area (Å²) in [6.07, 6.45) is 8.16. The Morgan fingerprint density at radius 2 is 1.83 bits per heavy atom. The van der Waals surface area contributed by atoms with Crippen molar-refractivity contribution in [3.8, 4) is 0 Å². The molecule has 4 rings (SSSR count). The summed E-state index contributed by atoms with van der Waals surface area (Å²) in [5.74, 6) is 0.649. The lowest BCUT2D eigenvalue weighted by molar-refractivity contribution is -0.0144. The van der Waals surface area contributed by atoms with Crippen molar-refractivity contribution in [3.05, 3.63) is 0 Å². The predicted octanol–water partition coefficient (Wildman–Crippen LogP) is 2.90. The highest BCUT2D eigenvalue weighted by Crippen LogP contribution is 2.51. The van der Waals surface area contributed by atoms with Gasteiger partial charge in [0.25, 0.3) is 0 Å². The molecule has 4 fully saturated rings. The van der Waals surface area contributed by atoms with E-state index in [1.165, 1.54) is 25.7 Å². The monoisotopic (exact) mass is 406 g/mol. The Bertz CT molecular complexity index is 599. The smallest absolute Gasteiger partial charge is 0.409 e. The zero-order chi connectivity index (χ0) is 20.4. The highest BCUT2D eigenvalue weighted by atomic mass is 16.6. The van der Waals surface area contributed by atoms with Crippen LogP contribution < -0.4 is 5.32 Å². The summed E-state index contributed by atoms with van der Waals surface area (Å²) >= 11 is 0. The van der Waals surface area contributed by atoms with Crippen LogP contribution in [0.1, 0.15) is 58.8 Å². The molecule has 3 amide bonds. The number of amides is 3. The van der Waals surface area contributed by atoms with Crippen molar-refractivity contribution >= 4 is 12.1 Å². The molecule has 7 nitrogen and oxygen atoms in total. The third-order valence-corrected chi connectivity index (χ3v) is 7.82. The van der Waals surface area contributed by atoms with Gasteiger partial charge in [-0.1, -0.05) is 0 Å². The van der Waals surface area contributed by atoms with E-state index < -0.39 is 0 Å². The van der Waals surface area contributed by atoms with Gasteiger partial charge in [0.1, 0.15) is 0 Å². The van der Waals surface area contributed by atoms with E-state index in [-0.39, 0.29) is 12.1 Å². The predicted molar refractivity (Wildman–Crippen MR) is 112 cm³/mol. The van der Waals surface area contributed by atoms with Gasteiger partial charge in [-0.15, -0.1) is 0 Å². The average Bonchev–Trinajstić information content (AvgIpc) is 3.35. The quantitative estimate of drug-likeness (QED) is 0.780. The molecular formula is C22H38N4O3. The molecule has 1 saturated carbocycles. The highest BCUT2D eigenvalue weighted by molar-refractivity contribution is 5.74. The number of nitrogens with zero attached hydrogens (tertiary/aromatic N) is 3. The van der Waals surface area contributed by atoms with Gasteiger partial charge >= 0.3 is 12.1 Å². The molecule has 4 aliphatic rings. The number of hydrogen-bond acceptors (Lipinski definition) is 4. The van der Waals surface area contributed by atoms with E-state index in [0.29, 0.717) is 36.6 Å². The second-order valence-corrected chi connectivity index (χ2v) is 9.54. The molecule has 3 aliphatic heterocycles. The summed E-state index contributed by atoms with van der Waals surface area (Å²) in [6.45, 7) is 9.98. The third-order valence-electron chi connectivity index (χ3n) is 7.82. The zero-order valence-electron chi connectivity index (χ0n) is 18.2. The van der Waals surface area contributed by atoms with Crippen LogP contribution in [-0.4, -0.2) is 84.8 Å².